The van der Waals surface area contributed by atoms with E-state index in [0.29, 0.717) is 12.1 Å². The lowest BCUT2D eigenvalue weighted by molar-refractivity contribution is -0.144. The van der Waals surface area contributed by atoms with Crippen molar-refractivity contribution in [2.24, 2.45) is 5.92 Å². The summed E-state index contributed by atoms with van der Waals surface area (Å²) >= 11 is 0. The summed E-state index contributed by atoms with van der Waals surface area (Å²) in [5, 5.41) is 2.67. The highest BCUT2D eigenvalue weighted by Crippen LogP contribution is 2.35. The molecule has 2 amide bonds. The lowest BCUT2D eigenvalue weighted by atomic mass is 9.95. The predicted molar refractivity (Wildman–Crippen MR) is 96.4 cm³/mol. The molecule has 0 bridgehead atoms. The highest BCUT2D eigenvalue weighted by atomic mass is 19.1. The van der Waals surface area contributed by atoms with Gasteiger partial charge in [0.25, 0.3) is 0 Å². The third-order valence-electron chi connectivity index (χ3n) is 4.84. The van der Waals surface area contributed by atoms with Gasteiger partial charge >= 0.3 is 12.0 Å². The van der Waals surface area contributed by atoms with Crippen LogP contribution < -0.4 is 5.32 Å². The van der Waals surface area contributed by atoms with Crippen LogP contribution >= 0.6 is 0 Å². The maximum atomic E-state index is 14.5. The summed E-state index contributed by atoms with van der Waals surface area (Å²) in [5.74, 6) is -2.25. The van der Waals surface area contributed by atoms with Crippen LogP contribution in [0.25, 0.3) is 0 Å². The number of aromatic nitrogens is 2. The molecule has 9 heteroatoms. The minimum absolute atomic E-state index is 0.128. The predicted octanol–water partition coefficient (Wildman–Crippen LogP) is 2.54. The number of aromatic amines is 1. The first-order chi connectivity index (χ1) is 13.3. The zero-order valence-electron chi connectivity index (χ0n) is 15.8. The second-order valence-electron chi connectivity index (χ2n) is 6.97. The zero-order valence-corrected chi connectivity index (χ0v) is 15.8. The molecule has 0 saturated heterocycles. The van der Waals surface area contributed by atoms with Crippen LogP contribution in [-0.4, -0.2) is 46.6 Å². The lowest BCUT2D eigenvalue weighted by Crippen LogP contribution is -2.53. The minimum Gasteiger partial charge on any atom is -0.467 e. The van der Waals surface area contributed by atoms with Crippen LogP contribution in [-0.2, 0) is 16.0 Å². The second-order valence-corrected chi connectivity index (χ2v) is 6.97. The smallest absolute Gasteiger partial charge is 0.328 e. The molecule has 1 aromatic carbocycles. The number of hydrogen-bond acceptors (Lipinski definition) is 4. The van der Waals surface area contributed by atoms with E-state index in [4.69, 9.17) is 4.74 Å². The van der Waals surface area contributed by atoms with Gasteiger partial charge in [-0.05, 0) is 12.0 Å². The molecular formula is C19H22F2N4O3. The van der Waals surface area contributed by atoms with Crippen molar-refractivity contribution >= 4 is 12.0 Å². The van der Waals surface area contributed by atoms with Gasteiger partial charge in [0.1, 0.15) is 23.7 Å². The van der Waals surface area contributed by atoms with Crippen molar-refractivity contribution in [2.45, 2.75) is 32.4 Å². The number of nitrogens with one attached hydrogen (secondary N) is 2. The average molecular weight is 392 g/mol. The summed E-state index contributed by atoms with van der Waals surface area (Å²) in [6, 6.07) is 0.974. The topological polar surface area (TPSA) is 87.3 Å². The first-order valence-corrected chi connectivity index (χ1v) is 8.95. The molecule has 0 radical (unpaired) electrons. The number of methoxy groups -OCH3 is 1. The van der Waals surface area contributed by atoms with E-state index < -0.39 is 35.7 Å². The highest BCUT2D eigenvalue weighted by Gasteiger charge is 2.37. The maximum Gasteiger partial charge on any atom is 0.328 e. The Morgan fingerprint density at radius 2 is 2.11 bits per heavy atom. The SMILES string of the molecule is COC(=O)C(NC(=O)N1CCc2[nH]cnc2C1c1ccc(F)cc1F)C(C)C. The standard InChI is InChI=1S/C19H22F2N4O3/c1-10(2)15(18(26)28-3)24-19(27)25-7-6-14-16(23-9-22-14)17(25)12-5-4-11(20)8-13(12)21/h4-5,8-10,15,17H,6-7H2,1-3H3,(H,22,23)(H,24,27). The van der Waals surface area contributed by atoms with E-state index in [1.165, 1.54) is 24.4 Å². The van der Waals surface area contributed by atoms with Crippen molar-refractivity contribution in [3.8, 4) is 0 Å². The normalized spacial score (nSPS) is 17.2. The fourth-order valence-electron chi connectivity index (χ4n) is 3.37. The third kappa shape index (κ3) is 3.69. The number of imidazole rings is 1. The van der Waals surface area contributed by atoms with Crippen LogP contribution in [0.4, 0.5) is 13.6 Å². The molecule has 3 rings (SSSR count). The lowest BCUT2D eigenvalue weighted by Gasteiger charge is -2.36. The number of nitrogens with zero attached hydrogens (tertiary/aromatic N) is 2. The number of fused-ring (bicyclic) bond motifs is 1. The molecule has 2 aromatic rings. The van der Waals surface area contributed by atoms with Gasteiger partial charge in [-0.15, -0.1) is 0 Å². The Kier molecular flexibility index (Phi) is 5.62. The van der Waals surface area contributed by atoms with E-state index >= 15 is 0 Å². The van der Waals surface area contributed by atoms with Crippen molar-refractivity contribution in [3.63, 3.8) is 0 Å². The summed E-state index contributed by atoms with van der Waals surface area (Å²) in [6.45, 7) is 3.83. The highest BCUT2D eigenvalue weighted by molar-refractivity contribution is 5.84. The van der Waals surface area contributed by atoms with E-state index in [2.05, 4.69) is 15.3 Å². The molecule has 2 heterocycles. The van der Waals surface area contributed by atoms with E-state index in [9.17, 15) is 18.4 Å². The van der Waals surface area contributed by atoms with E-state index in [1.807, 2.05) is 0 Å². The van der Waals surface area contributed by atoms with Gasteiger partial charge in [-0.3, -0.25) is 0 Å². The van der Waals surface area contributed by atoms with E-state index in [-0.39, 0.29) is 18.0 Å². The second kappa shape index (κ2) is 7.95. The number of amides is 2. The summed E-state index contributed by atoms with van der Waals surface area (Å²) < 4.78 is 32.7. The fraction of sp³-hybridized carbons (Fsp3) is 0.421. The molecule has 1 aliphatic heterocycles. The number of carbonyl (C=O) groups is 2. The molecular weight excluding hydrogens is 370 g/mol. The zero-order chi connectivity index (χ0) is 20.4. The summed E-state index contributed by atoms with van der Waals surface area (Å²) in [6.07, 6.45) is 1.97. The molecule has 1 aromatic heterocycles. The molecule has 0 spiro atoms. The van der Waals surface area contributed by atoms with Gasteiger partial charge in [0, 0.05) is 30.3 Å². The molecule has 0 saturated carbocycles. The molecule has 1 aliphatic rings. The Hall–Kier alpha value is -2.97. The first-order valence-electron chi connectivity index (χ1n) is 8.95. The fourth-order valence-corrected chi connectivity index (χ4v) is 3.37. The molecule has 2 N–H and O–H groups in total. The Bertz CT molecular complexity index is 884. The van der Waals surface area contributed by atoms with Crippen molar-refractivity contribution in [3.05, 3.63) is 53.1 Å². The molecule has 28 heavy (non-hydrogen) atoms. The molecule has 7 nitrogen and oxygen atoms in total. The molecule has 0 fully saturated rings. The van der Waals surface area contributed by atoms with E-state index in [1.54, 1.807) is 13.8 Å². The number of halogens is 2. The molecule has 2 atom stereocenters. The number of H-pyrrole nitrogens is 1. The Morgan fingerprint density at radius 3 is 2.75 bits per heavy atom. The summed E-state index contributed by atoms with van der Waals surface area (Å²) in [4.78, 5) is 33.6. The Labute approximate surface area is 161 Å². The number of rotatable bonds is 4. The largest absolute Gasteiger partial charge is 0.467 e. The third-order valence-corrected chi connectivity index (χ3v) is 4.84. The van der Waals surface area contributed by atoms with Gasteiger partial charge in [0.15, 0.2) is 0 Å². The first kappa shape index (κ1) is 19.8. The summed E-state index contributed by atoms with van der Waals surface area (Å²) in [7, 11) is 1.25. The van der Waals surface area contributed by atoms with Gasteiger partial charge in [-0.1, -0.05) is 19.9 Å². The van der Waals surface area contributed by atoms with Crippen LogP contribution in [0.2, 0.25) is 0 Å². The molecule has 0 aliphatic carbocycles. The molecule has 2 unspecified atom stereocenters. The average Bonchev–Trinajstić information content (AvgIpc) is 3.13. The van der Waals surface area contributed by atoms with Gasteiger partial charge in [-0.2, -0.15) is 0 Å². The Morgan fingerprint density at radius 1 is 1.36 bits per heavy atom. The van der Waals surface area contributed by atoms with Crippen LogP contribution in [0, 0.1) is 17.6 Å². The number of hydrogen-bond donors (Lipinski definition) is 2. The molecule has 150 valence electrons. The number of esters is 1. The van der Waals surface area contributed by atoms with Gasteiger partial charge in [0.05, 0.1) is 19.1 Å². The Balaban J connectivity index is 1.96. The van der Waals surface area contributed by atoms with Gasteiger partial charge in [0.2, 0.25) is 0 Å². The van der Waals surface area contributed by atoms with Crippen LogP contribution in [0.5, 0.6) is 0 Å². The maximum absolute atomic E-state index is 14.5. The van der Waals surface area contributed by atoms with Crippen molar-refractivity contribution in [2.75, 3.05) is 13.7 Å². The van der Waals surface area contributed by atoms with Crippen molar-refractivity contribution < 1.29 is 23.1 Å². The number of benzene rings is 1. The van der Waals surface area contributed by atoms with Crippen molar-refractivity contribution in [1.29, 1.82) is 0 Å². The number of urea groups is 1. The van der Waals surface area contributed by atoms with Gasteiger partial charge in [-0.25, -0.2) is 23.4 Å². The quantitative estimate of drug-likeness (QED) is 0.783. The monoisotopic (exact) mass is 392 g/mol. The minimum atomic E-state index is -0.850. The van der Waals surface area contributed by atoms with Crippen LogP contribution in [0.3, 0.4) is 0 Å². The summed E-state index contributed by atoms with van der Waals surface area (Å²) in [5.41, 5.74) is 1.40. The van der Waals surface area contributed by atoms with Crippen LogP contribution in [0.15, 0.2) is 24.5 Å². The number of ether oxygens (including phenoxy) is 1. The van der Waals surface area contributed by atoms with Gasteiger partial charge < -0.3 is 19.9 Å². The van der Waals surface area contributed by atoms with E-state index in [0.717, 1.165) is 17.8 Å². The number of carbonyl (C=O) groups excluding carboxylic acids is 2. The van der Waals surface area contributed by atoms with Crippen molar-refractivity contribution in [1.82, 2.24) is 20.2 Å². The van der Waals surface area contributed by atoms with Crippen LogP contribution in [0.1, 0.15) is 36.8 Å².